The number of primary amides is 1. The first-order valence-electron chi connectivity index (χ1n) is 10.1. The number of hydrogen-bond acceptors (Lipinski definition) is 5. The van der Waals surface area contributed by atoms with Crippen molar-refractivity contribution in [3.05, 3.63) is 54.1 Å². The van der Waals surface area contributed by atoms with Crippen LogP contribution in [0.4, 0.5) is 4.79 Å². The molecular weight excluding hydrogens is 384 g/mol. The van der Waals surface area contributed by atoms with E-state index in [2.05, 4.69) is 33.4 Å². The van der Waals surface area contributed by atoms with Crippen molar-refractivity contribution in [1.82, 2.24) is 15.2 Å². The number of thiazole rings is 1. The summed E-state index contributed by atoms with van der Waals surface area (Å²) in [7, 11) is 0. The van der Waals surface area contributed by atoms with Crippen molar-refractivity contribution in [2.24, 2.45) is 5.73 Å². The van der Waals surface area contributed by atoms with E-state index in [4.69, 9.17) is 10.5 Å². The summed E-state index contributed by atoms with van der Waals surface area (Å²) in [5.74, 6) is 0.806. The standard InChI is InChI=1S/C22H24N4O2S/c23-21(27)24-15-11-16-7-8-17(12-15)26(16)13-14-5-9-18(10-6-14)28-22-25-19-3-1-2-4-20(19)29-22/h1-6,9-10,15-17H,7-8,11-13H2,(H3,23,24,27). The molecule has 0 saturated carbocycles. The van der Waals surface area contributed by atoms with Crippen LogP contribution in [0.15, 0.2) is 48.5 Å². The molecule has 6 nitrogen and oxygen atoms in total. The number of nitrogens with one attached hydrogen (secondary N) is 1. The number of fused-ring (bicyclic) bond motifs is 3. The minimum Gasteiger partial charge on any atom is -0.431 e. The molecule has 29 heavy (non-hydrogen) atoms. The van der Waals surface area contributed by atoms with Gasteiger partial charge < -0.3 is 15.8 Å². The van der Waals surface area contributed by atoms with Crippen LogP contribution in [0.3, 0.4) is 0 Å². The molecule has 7 heteroatoms. The molecule has 2 aliphatic rings. The molecular formula is C22H24N4O2S. The molecule has 3 N–H and O–H groups in total. The first kappa shape index (κ1) is 18.4. The second-order valence-corrected chi connectivity index (χ2v) is 8.92. The van der Waals surface area contributed by atoms with Crippen LogP contribution >= 0.6 is 11.3 Å². The minimum absolute atomic E-state index is 0.214. The number of hydrogen-bond donors (Lipinski definition) is 2. The molecule has 1 aromatic heterocycles. The highest BCUT2D eigenvalue weighted by molar-refractivity contribution is 7.20. The zero-order valence-corrected chi connectivity index (χ0v) is 16.9. The molecule has 0 spiro atoms. The minimum atomic E-state index is -0.411. The summed E-state index contributed by atoms with van der Waals surface area (Å²) in [6.45, 7) is 0.931. The van der Waals surface area contributed by atoms with Crippen LogP contribution in [0.1, 0.15) is 31.2 Å². The predicted molar refractivity (Wildman–Crippen MR) is 114 cm³/mol. The lowest BCUT2D eigenvalue weighted by atomic mass is 9.96. The van der Waals surface area contributed by atoms with Gasteiger partial charge in [-0.1, -0.05) is 35.6 Å². The van der Waals surface area contributed by atoms with Crippen molar-refractivity contribution in [2.75, 3.05) is 0 Å². The topological polar surface area (TPSA) is 80.5 Å². The van der Waals surface area contributed by atoms with E-state index in [1.807, 2.05) is 30.3 Å². The number of nitrogens with two attached hydrogens (primary N) is 1. The lowest BCUT2D eigenvalue weighted by Crippen LogP contribution is -2.51. The van der Waals surface area contributed by atoms with Crippen LogP contribution in [0.25, 0.3) is 10.2 Å². The van der Waals surface area contributed by atoms with Gasteiger partial charge in [0.2, 0.25) is 0 Å². The lowest BCUT2D eigenvalue weighted by Gasteiger charge is -2.39. The third kappa shape index (κ3) is 3.93. The van der Waals surface area contributed by atoms with E-state index in [-0.39, 0.29) is 6.04 Å². The van der Waals surface area contributed by atoms with Crippen LogP contribution in [0.2, 0.25) is 0 Å². The highest BCUT2D eigenvalue weighted by Crippen LogP contribution is 2.37. The number of ether oxygens (including phenoxy) is 1. The van der Waals surface area contributed by atoms with Gasteiger partial charge in [-0.05, 0) is 55.5 Å². The van der Waals surface area contributed by atoms with Crippen LogP contribution in [0, 0.1) is 0 Å². The van der Waals surface area contributed by atoms with Gasteiger partial charge in [-0.15, -0.1) is 0 Å². The van der Waals surface area contributed by atoms with Crippen molar-refractivity contribution in [2.45, 2.75) is 50.4 Å². The van der Waals surface area contributed by atoms with E-state index in [0.29, 0.717) is 17.3 Å². The van der Waals surface area contributed by atoms with Crippen molar-refractivity contribution in [3.63, 3.8) is 0 Å². The number of carbonyl (C=O) groups excluding carboxylic acids is 1. The Balaban J connectivity index is 1.22. The van der Waals surface area contributed by atoms with Gasteiger partial charge >= 0.3 is 6.03 Å². The molecule has 5 rings (SSSR count). The number of nitrogens with zero attached hydrogens (tertiary/aromatic N) is 2. The van der Waals surface area contributed by atoms with E-state index < -0.39 is 6.03 Å². The lowest BCUT2D eigenvalue weighted by molar-refractivity contribution is 0.112. The molecule has 150 valence electrons. The predicted octanol–water partition coefficient (Wildman–Crippen LogP) is 4.25. The Hall–Kier alpha value is -2.64. The average Bonchev–Trinajstić information content (AvgIpc) is 3.20. The molecule has 0 radical (unpaired) electrons. The summed E-state index contributed by atoms with van der Waals surface area (Å²) in [5, 5.41) is 3.57. The van der Waals surface area contributed by atoms with Crippen molar-refractivity contribution in [3.8, 4) is 10.9 Å². The molecule has 2 atom stereocenters. The third-order valence-corrected chi connectivity index (χ3v) is 6.91. The van der Waals surface area contributed by atoms with Gasteiger partial charge in [0, 0.05) is 24.7 Å². The summed E-state index contributed by atoms with van der Waals surface area (Å²) < 4.78 is 7.08. The maximum absolute atomic E-state index is 11.2. The fourth-order valence-corrected chi connectivity index (χ4v) is 5.56. The molecule has 2 aromatic carbocycles. The number of benzene rings is 2. The second kappa shape index (κ2) is 7.65. The molecule has 2 amide bonds. The van der Waals surface area contributed by atoms with E-state index in [9.17, 15) is 4.79 Å². The Morgan fingerprint density at radius 2 is 1.86 bits per heavy atom. The average molecular weight is 409 g/mol. The summed E-state index contributed by atoms with van der Waals surface area (Å²) in [6.07, 6.45) is 4.36. The fourth-order valence-electron chi connectivity index (χ4n) is 4.72. The fraction of sp³-hybridized carbons (Fsp3) is 0.364. The zero-order chi connectivity index (χ0) is 19.8. The maximum atomic E-state index is 11.2. The van der Waals surface area contributed by atoms with Crippen LogP contribution in [0.5, 0.6) is 10.9 Å². The molecule has 2 saturated heterocycles. The number of aromatic nitrogens is 1. The SMILES string of the molecule is NC(=O)NC1CC2CCC(C1)N2Cc1ccc(Oc2nc3ccccc3s2)cc1. The van der Waals surface area contributed by atoms with Crippen molar-refractivity contribution < 1.29 is 9.53 Å². The molecule has 2 unspecified atom stereocenters. The number of para-hydroxylation sites is 1. The number of amides is 2. The van der Waals surface area contributed by atoms with Gasteiger partial charge in [-0.2, -0.15) is 0 Å². The van der Waals surface area contributed by atoms with E-state index in [1.165, 1.54) is 18.4 Å². The smallest absolute Gasteiger partial charge is 0.312 e. The van der Waals surface area contributed by atoms with Gasteiger partial charge in [0.1, 0.15) is 5.75 Å². The van der Waals surface area contributed by atoms with Crippen LogP contribution in [-0.2, 0) is 6.54 Å². The molecule has 2 bridgehead atoms. The number of piperidine rings is 1. The maximum Gasteiger partial charge on any atom is 0.312 e. The van der Waals surface area contributed by atoms with Gasteiger partial charge in [0.25, 0.3) is 5.19 Å². The quantitative estimate of drug-likeness (QED) is 0.661. The summed E-state index contributed by atoms with van der Waals surface area (Å²) in [6, 6.07) is 17.2. The molecule has 3 aromatic rings. The molecule has 0 aliphatic carbocycles. The third-order valence-electron chi connectivity index (χ3n) is 6.00. The Morgan fingerprint density at radius 3 is 2.55 bits per heavy atom. The largest absolute Gasteiger partial charge is 0.431 e. The Bertz CT molecular complexity index is 972. The van der Waals surface area contributed by atoms with Gasteiger partial charge in [0.05, 0.1) is 10.2 Å². The number of carbonyl (C=O) groups is 1. The summed E-state index contributed by atoms with van der Waals surface area (Å²) in [5.41, 5.74) is 7.55. The first-order chi connectivity index (χ1) is 14.1. The number of rotatable bonds is 5. The van der Waals surface area contributed by atoms with Gasteiger partial charge in [-0.3, -0.25) is 4.90 Å². The van der Waals surface area contributed by atoms with Crippen molar-refractivity contribution >= 4 is 27.6 Å². The highest BCUT2D eigenvalue weighted by atomic mass is 32.1. The molecule has 2 fully saturated rings. The van der Waals surface area contributed by atoms with Gasteiger partial charge in [0.15, 0.2) is 0 Å². The second-order valence-electron chi connectivity index (χ2n) is 7.93. The van der Waals surface area contributed by atoms with Crippen LogP contribution in [-0.4, -0.2) is 34.0 Å². The highest BCUT2D eigenvalue weighted by Gasteiger charge is 2.40. The molecule has 2 aliphatic heterocycles. The summed E-state index contributed by atoms with van der Waals surface area (Å²) in [4.78, 5) is 18.3. The molecule has 3 heterocycles. The monoisotopic (exact) mass is 408 g/mol. The van der Waals surface area contributed by atoms with Crippen LogP contribution < -0.4 is 15.8 Å². The van der Waals surface area contributed by atoms with E-state index in [1.54, 1.807) is 11.3 Å². The first-order valence-corrected chi connectivity index (χ1v) is 10.9. The normalized spacial score (nSPS) is 23.9. The van der Waals surface area contributed by atoms with Gasteiger partial charge in [-0.25, -0.2) is 9.78 Å². The Morgan fingerprint density at radius 1 is 1.14 bits per heavy atom. The van der Waals surface area contributed by atoms with E-state index >= 15 is 0 Å². The Kier molecular flexibility index (Phi) is 4.85. The van der Waals surface area contributed by atoms with Crippen molar-refractivity contribution in [1.29, 1.82) is 0 Å². The van der Waals surface area contributed by atoms with E-state index in [0.717, 1.165) is 35.4 Å². The zero-order valence-electron chi connectivity index (χ0n) is 16.1. The summed E-state index contributed by atoms with van der Waals surface area (Å²) >= 11 is 1.56. The Labute approximate surface area is 173 Å². The number of urea groups is 1.